The number of aryl methyl sites for hydroxylation is 1. The zero-order valence-electron chi connectivity index (χ0n) is 11.8. The Balaban J connectivity index is 0. The van der Waals surface area contributed by atoms with Crippen LogP contribution in [0.4, 0.5) is 0 Å². The third-order valence-corrected chi connectivity index (χ3v) is 2.28. The minimum atomic E-state index is -1.06. The molecule has 0 aromatic heterocycles. The van der Waals surface area contributed by atoms with Crippen LogP contribution in [0.15, 0.2) is 18.2 Å². The number of aliphatic carboxylic acids is 1. The van der Waals surface area contributed by atoms with Gasteiger partial charge >= 0.3 is 51.4 Å². The topological polar surface area (TPSA) is 95.6 Å². The van der Waals surface area contributed by atoms with Gasteiger partial charge in [0.1, 0.15) is 5.75 Å². The number of carboxylic acid groups (broad SMARTS) is 1. The van der Waals surface area contributed by atoms with Gasteiger partial charge in [0.2, 0.25) is 0 Å². The summed E-state index contributed by atoms with van der Waals surface area (Å²) >= 11 is 0. The van der Waals surface area contributed by atoms with Crippen LogP contribution in [0.2, 0.25) is 0 Å². The first kappa shape index (κ1) is 21.3. The predicted molar refractivity (Wildman–Crippen MR) is 66.9 cm³/mol. The molecule has 102 valence electrons. The average molecular weight is 293 g/mol. The zero-order chi connectivity index (χ0) is 14.0. The molecule has 0 bridgehead atoms. The van der Waals surface area contributed by atoms with Crippen LogP contribution in [0, 0.1) is 6.92 Å². The van der Waals surface area contributed by atoms with E-state index in [0.717, 1.165) is 11.1 Å². The van der Waals surface area contributed by atoms with E-state index in [0.29, 0.717) is 18.8 Å². The van der Waals surface area contributed by atoms with Gasteiger partial charge < -0.3 is 25.5 Å². The maximum absolute atomic E-state index is 10.2. The van der Waals surface area contributed by atoms with Gasteiger partial charge in [-0.1, -0.05) is 6.07 Å². The number of hydrogen-bond acceptors (Lipinski definition) is 5. The number of ether oxygens (including phenoxy) is 1. The summed E-state index contributed by atoms with van der Waals surface area (Å²) in [5.74, 6) is -0.372. The van der Waals surface area contributed by atoms with Gasteiger partial charge in [0.05, 0.1) is 13.2 Å². The Morgan fingerprint density at radius 2 is 2.05 bits per heavy atom. The Morgan fingerprint density at radius 1 is 1.42 bits per heavy atom. The Morgan fingerprint density at radius 3 is 2.53 bits per heavy atom. The molecule has 0 heterocycles. The van der Waals surface area contributed by atoms with Gasteiger partial charge in [-0.2, -0.15) is 0 Å². The van der Waals surface area contributed by atoms with Crippen LogP contribution in [-0.2, 0) is 11.4 Å². The predicted octanol–water partition coefficient (Wildman–Crippen LogP) is -3.02. The summed E-state index contributed by atoms with van der Waals surface area (Å²) in [6.07, 6.45) is 0.441. The number of aliphatic hydroxyl groups is 1. The van der Waals surface area contributed by atoms with Crippen molar-refractivity contribution in [2.75, 3.05) is 13.7 Å². The van der Waals surface area contributed by atoms with E-state index in [9.17, 15) is 9.90 Å². The molecular formula is C13H20KNO4. The summed E-state index contributed by atoms with van der Waals surface area (Å²) in [7, 11) is 1.50. The smallest absolute Gasteiger partial charge is 0.550 e. The number of rotatable bonds is 6. The van der Waals surface area contributed by atoms with Gasteiger partial charge in [-0.05, 0) is 50.1 Å². The van der Waals surface area contributed by atoms with E-state index in [-0.39, 0.29) is 64.4 Å². The zero-order valence-corrected chi connectivity index (χ0v) is 14.9. The molecule has 0 aliphatic rings. The van der Waals surface area contributed by atoms with E-state index >= 15 is 0 Å². The standard InChI is InChI=1S/C12H16O4.CH5N.K/c1-9-7-11(5-4-10(9)8-13)16-6-2-3-12(14)15;1-2;/h4-5,7,13H,2-3,6,8H2,1H3,(H,14,15);2H2,1H3;/q;;+1/p-1. The van der Waals surface area contributed by atoms with Gasteiger partial charge in [0.25, 0.3) is 0 Å². The van der Waals surface area contributed by atoms with Crippen LogP contribution in [-0.4, -0.2) is 24.7 Å². The second-order valence-electron chi connectivity index (χ2n) is 3.57. The average Bonchev–Trinajstić information content (AvgIpc) is 2.37. The number of hydrogen-bond donors (Lipinski definition) is 2. The van der Waals surface area contributed by atoms with Crippen LogP contribution in [0.3, 0.4) is 0 Å². The summed E-state index contributed by atoms with van der Waals surface area (Å²) in [6.45, 7) is 2.25. The molecule has 0 saturated heterocycles. The number of carboxylic acids is 1. The van der Waals surface area contributed by atoms with Crippen LogP contribution in [0.1, 0.15) is 24.0 Å². The molecular weight excluding hydrogens is 273 g/mol. The first-order chi connectivity index (χ1) is 8.63. The third-order valence-electron chi connectivity index (χ3n) is 2.28. The van der Waals surface area contributed by atoms with E-state index in [1.807, 2.05) is 13.0 Å². The van der Waals surface area contributed by atoms with Crippen molar-refractivity contribution < 1.29 is 71.1 Å². The van der Waals surface area contributed by atoms with Crippen molar-refractivity contribution in [1.82, 2.24) is 0 Å². The Labute approximate surface area is 156 Å². The molecule has 0 unspecified atom stereocenters. The molecule has 6 heteroatoms. The minimum Gasteiger partial charge on any atom is -0.550 e. The summed E-state index contributed by atoms with van der Waals surface area (Å²) in [5.41, 5.74) is 6.32. The van der Waals surface area contributed by atoms with Gasteiger partial charge in [-0.3, -0.25) is 0 Å². The van der Waals surface area contributed by atoms with Crippen molar-refractivity contribution in [1.29, 1.82) is 0 Å². The second kappa shape index (κ2) is 13.0. The summed E-state index contributed by atoms with van der Waals surface area (Å²) in [5, 5.41) is 19.1. The molecule has 0 amide bonds. The van der Waals surface area contributed by atoms with Crippen LogP contribution in [0.25, 0.3) is 0 Å². The fraction of sp³-hybridized carbons (Fsp3) is 0.462. The number of aliphatic hydroxyl groups excluding tert-OH is 1. The van der Waals surface area contributed by atoms with Crippen molar-refractivity contribution in [2.24, 2.45) is 5.73 Å². The van der Waals surface area contributed by atoms with Crippen LogP contribution >= 0.6 is 0 Å². The fourth-order valence-corrected chi connectivity index (χ4v) is 1.34. The monoisotopic (exact) mass is 293 g/mol. The van der Waals surface area contributed by atoms with E-state index in [1.54, 1.807) is 12.1 Å². The van der Waals surface area contributed by atoms with E-state index < -0.39 is 5.97 Å². The molecule has 19 heavy (non-hydrogen) atoms. The van der Waals surface area contributed by atoms with E-state index in [2.05, 4.69) is 5.73 Å². The normalized spacial score (nSPS) is 8.84. The number of carbonyl (C=O) groups is 1. The Bertz CT molecular complexity index is 372. The third kappa shape index (κ3) is 9.56. The summed E-state index contributed by atoms with van der Waals surface area (Å²) in [4.78, 5) is 10.2. The molecule has 0 fully saturated rings. The largest absolute Gasteiger partial charge is 1.00 e. The molecule has 0 aliphatic heterocycles. The van der Waals surface area contributed by atoms with Crippen molar-refractivity contribution in [3.05, 3.63) is 29.3 Å². The molecule has 0 radical (unpaired) electrons. The van der Waals surface area contributed by atoms with Crippen molar-refractivity contribution >= 4 is 5.97 Å². The first-order valence-electron chi connectivity index (χ1n) is 5.74. The second-order valence-corrected chi connectivity index (χ2v) is 3.57. The molecule has 0 spiro atoms. The molecule has 1 aromatic rings. The molecule has 0 aliphatic carbocycles. The van der Waals surface area contributed by atoms with Crippen molar-refractivity contribution in [3.8, 4) is 5.75 Å². The van der Waals surface area contributed by atoms with Gasteiger partial charge in [0.15, 0.2) is 0 Å². The Hall–Kier alpha value is 0.0464. The van der Waals surface area contributed by atoms with Crippen molar-refractivity contribution in [3.63, 3.8) is 0 Å². The Kier molecular flexibility index (Phi) is 14.7. The quantitative estimate of drug-likeness (QED) is 0.430. The maximum atomic E-state index is 10.2. The fourth-order valence-electron chi connectivity index (χ4n) is 1.34. The summed E-state index contributed by atoms with van der Waals surface area (Å²) < 4.78 is 5.36. The molecule has 3 N–H and O–H groups in total. The van der Waals surface area contributed by atoms with Crippen molar-refractivity contribution in [2.45, 2.75) is 26.4 Å². The number of benzene rings is 1. The first-order valence-corrected chi connectivity index (χ1v) is 5.74. The molecule has 0 atom stereocenters. The van der Waals surface area contributed by atoms with Gasteiger partial charge in [-0.15, -0.1) is 0 Å². The van der Waals surface area contributed by atoms with Gasteiger partial charge in [-0.25, -0.2) is 0 Å². The van der Waals surface area contributed by atoms with Crippen LogP contribution in [0.5, 0.6) is 5.75 Å². The summed E-state index contributed by atoms with van der Waals surface area (Å²) in [6, 6.07) is 5.38. The SMILES string of the molecule is CN.Cc1cc(OCCCC(=O)[O-])ccc1CO.[K+]. The number of carbonyl (C=O) groups excluding carboxylic acids is 1. The molecule has 1 aromatic carbocycles. The van der Waals surface area contributed by atoms with Gasteiger partial charge in [0, 0.05) is 5.97 Å². The molecule has 0 saturated carbocycles. The van der Waals surface area contributed by atoms with E-state index in [1.165, 1.54) is 7.05 Å². The molecule has 5 nitrogen and oxygen atoms in total. The minimum absolute atomic E-state index is 0. The molecule has 1 rings (SSSR count). The number of nitrogens with two attached hydrogens (primary N) is 1. The van der Waals surface area contributed by atoms with E-state index in [4.69, 9.17) is 9.84 Å². The maximum Gasteiger partial charge on any atom is 1.00 e. The van der Waals surface area contributed by atoms with Crippen LogP contribution < -0.4 is 67.0 Å².